The number of ether oxygens (including phenoxy) is 1. The number of para-hydroxylation sites is 2. The van der Waals surface area contributed by atoms with Crippen LogP contribution < -0.4 is 0 Å². The molecule has 0 bridgehead atoms. The van der Waals surface area contributed by atoms with Gasteiger partial charge in [0.1, 0.15) is 18.0 Å². The minimum absolute atomic E-state index is 0.337. The van der Waals surface area contributed by atoms with Crippen molar-refractivity contribution in [3.8, 4) is 0 Å². The lowest BCUT2D eigenvalue weighted by molar-refractivity contribution is -0.136. The second-order valence-electron chi connectivity index (χ2n) is 8.25. The summed E-state index contributed by atoms with van der Waals surface area (Å²) in [6.45, 7) is 0.440. The summed E-state index contributed by atoms with van der Waals surface area (Å²) < 4.78 is 6.52. The Morgan fingerprint density at radius 1 is 1.24 bits per heavy atom. The number of rotatable bonds is 8. The fourth-order valence-corrected chi connectivity index (χ4v) is 4.17. The Labute approximate surface area is 197 Å². The van der Waals surface area contributed by atoms with Crippen LogP contribution in [0.5, 0.6) is 0 Å². The lowest BCUT2D eigenvalue weighted by atomic mass is 9.99. The summed E-state index contributed by atoms with van der Waals surface area (Å²) in [5.74, 6) is -0.136. The largest absolute Gasteiger partial charge is 0.466 e. The number of aliphatic hydroxyl groups is 1. The van der Waals surface area contributed by atoms with E-state index in [0.717, 1.165) is 30.0 Å². The highest BCUT2D eigenvalue weighted by Crippen LogP contribution is 2.39. The number of nitrogens with zero attached hydrogens (tertiary/aromatic N) is 3. The summed E-state index contributed by atoms with van der Waals surface area (Å²) in [4.78, 5) is 31.3. The number of halogens is 1. The Kier molecular flexibility index (Phi) is 6.81. The van der Waals surface area contributed by atoms with Crippen molar-refractivity contribution >= 4 is 34.5 Å². The van der Waals surface area contributed by atoms with Gasteiger partial charge in [0, 0.05) is 30.8 Å². The highest BCUT2D eigenvalue weighted by Gasteiger charge is 2.38. The molecule has 0 aliphatic heterocycles. The monoisotopic (exact) mass is 467 g/mol. The fourth-order valence-electron chi connectivity index (χ4n) is 3.97. The van der Waals surface area contributed by atoms with Crippen LogP contribution in [0.25, 0.3) is 11.0 Å². The summed E-state index contributed by atoms with van der Waals surface area (Å²) in [5.41, 5.74) is 2.23. The Bertz CT molecular complexity index is 1200. The van der Waals surface area contributed by atoms with Crippen molar-refractivity contribution in [1.82, 2.24) is 14.5 Å². The predicted octanol–water partition coefficient (Wildman–Crippen LogP) is 3.97. The molecule has 2 aromatic carbocycles. The number of aromatic nitrogens is 2. The zero-order valence-corrected chi connectivity index (χ0v) is 19.3. The van der Waals surface area contributed by atoms with Crippen molar-refractivity contribution in [2.45, 2.75) is 25.0 Å². The number of methoxy groups -OCH3 is 1. The number of amides is 1. The van der Waals surface area contributed by atoms with Crippen LogP contribution in [0.2, 0.25) is 5.02 Å². The molecule has 1 aliphatic rings. The average Bonchev–Trinajstić information content (AvgIpc) is 3.59. The molecule has 1 amide bonds. The van der Waals surface area contributed by atoms with Gasteiger partial charge in [-0.2, -0.15) is 0 Å². The molecule has 3 aromatic rings. The maximum Gasteiger partial charge on any atom is 0.330 e. The van der Waals surface area contributed by atoms with Crippen LogP contribution in [0.3, 0.4) is 0 Å². The highest BCUT2D eigenvalue weighted by molar-refractivity contribution is 6.30. The Morgan fingerprint density at radius 3 is 2.67 bits per heavy atom. The Morgan fingerprint density at radius 2 is 2.00 bits per heavy atom. The van der Waals surface area contributed by atoms with Gasteiger partial charge >= 0.3 is 5.97 Å². The molecule has 2 atom stereocenters. The van der Waals surface area contributed by atoms with Gasteiger partial charge in [-0.25, -0.2) is 9.78 Å². The van der Waals surface area contributed by atoms with Gasteiger partial charge in [0.15, 0.2) is 0 Å². The van der Waals surface area contributed by atoms with Crippen molar-refractivity contribution in [1.29, 1.82) is 0 Å². The summed E-state index contributed by atoms with van der Waals surface area (Å²) in [5, 5.41) is 12.0. The first kappa shape index (κ1) is 23.0. The molecule has 8 heteroatoms. The number of hydrogen-bond acceptors (Lipinski definition) is 5. The molecule has 172 valence electrons. The number of aliphatic hydroxyl groups excluding tert-OH is 1. The molecule has 4 rings (SSSR count). The van der Waals surface area contributed by atoms with Crippen LogP contribution in [0.1, 0.15) is 36.4 Å². The predicted molar refractivity (Wildman–Crippen MR) is 125 cm³/mol. The van der Waals surface area contributed by atoms with Gasteiger partial charge in [-0.1, -0.05) is 35.9 Å². The molecule has 0 radical (unpaired) electrons. The molecule has 1 fully saturated rings. The van der Waals surface area contributed by atoms with E-state index in [1.807, 2.05) is 35.9 Å². The lowest BCUT2D eigenvalue weighted by Gasteiger charge is -2.34. The molecule has 33 heavy (non-hydrogen) atoms. The lowest BCUT2D eigenvalue weighted by Crippen LogP contribution is -2.40. The number of esters is 1. The SMILES string of the molecule is COC(=O)C=CC(=O)N(CC1CC1)[C@H](c1nc2ccccc2n1C)[C@H](O)c1cccc(Cl)c1. The third-order valence-electron chi connectivity index (χ3n) is 5.91. The smallest absolute Gasteiger partial charge is 0.330 e. The number of imidazole rings is 1. The number of benzene rings is 2. The van der Waals surface area contributed by atoms with Gasteiger partial charge in [-0.3, -0.25) is 4.79 Å². The number of carbonyl (C=O) groups excluding carboxylic acids is 2. The van der Waals surface area contributed by atoms with Gasteiger partial charge in [0.05, 0.1) is 18.1 Å². The van der Waals surface area contributed by atoms with Crippen molar-refractivity contribution in [2.75, 3.05) is 13.7 Å². The van der Waals surface area contributed by atoms with Crippen LogP contribution in [0, 0.1) is 5.92 Å². The number of carbonyl (C=O) groups is 2. The van der Waals surface area contributed by atoms with Crippen molar-refractivity contribution in [3.05, 3.63) is 77.1 Å². The van der Waals surface area contributed by atoms with Gasteiger partial charge in [-0.15, -0.1) is 0 Å². The zero-order valence-electron chi connectivity index (χ0n) is 18.5. The van der Waals surface area contributed by atoms with Crippen molar-refractivity contribution < 1.29 is 19.4 Å². The molecule has 1 saturated carbocycles. The van der Waals surface area contributed by atoms with E-state index in [4.69, 9.17) is 16.6 Å². The van der Waals surface area contributed by atoms with Gasteiger partial charge < -0.3 is 19.3 Å². The quantitative estimate of drug-likeness (QED) is 0.400. The van der Waals surface area contributed by atoms with E-state index >= 15 is 0 Å². The maximum atomic E-state index is 13.3. The van der Waals surface area contributed by atoms with E-state index < -0.39 is 24.0 Å². The number of aryl methyl sites for hydroxylation is 1. The molecular weight excluding hydrogens is 442 g/mol. The zero-order chi connectivity index (χ0) is 23.5. The van der Waals surface area contributed by atoms with Gasteiger partial charge in [0.2, 0.25) is 5.91 Å². The average molecular weight is 468 g/mol. The molecule has 1 heterocycles. The molecule has 0 unspecified atom stereocenters. The highest BCUT2D eigenvalue weighted by atomic mass is 35.5. The molecule has 1 aliphatic carbocycles. The molecule has 1 N–H and O–H groups in total. The first-order valence-electron chi connectivity index (χ1n) is 10.8. The van der Waals surface area contributed by atoms with E-state index in [1.165, 1.54) is 13.2 Å². The third-order valence-corrected chi connectivity index (χ3v) is 6.14. The van der Waals surface area contributed by atoms with E-state index in [0.29, 0.717) is 28.9 Å². The van der Waals surface area contributed by atoms with Crippen LogP contribution in [0.15, 0.2) is 60.7 Å². The van der Waals surface area contributed by atoms with Crippen LogP contribution in [-0.2, 0) is 21.4 Å². The first-order chi connectivity index (χ1) is 15.9. The minimum Gasteiger partial charge on any atom is -0.466 e. The molecular formula is C25H26ClN3O4. The minimum atomic E-state index is -1.09. The van der Waals surface area contributed by atoms with Crippen LogP contribution >= 0.6 is 11.6 Å². The van der Waals surface area contributed by atoms with Crippen molar-refractivity contribution in [3.63, 3.8) is 0 Å². The van der Waals surface area contributed by atoms with Crippen molar-refractivity contribution in [2.24, 2.45) is 13.0 Å². The van der Waals surface area contributed by atoms with Crippen LogP contribution in [0.4, 0.5) is 0 Å². The second kappa shape index (κ2) is 9.77. The molecule has 7 nitrogen and oxygen atoms in total. The molecule has 0 spiro atoms. The number of hydrogen-bond donors (Lipinski definition) is 1. The maximum absolute atomic E-state index is 13.3. The second-order valence-corrected chi connectivity index (χ2v) is 8.69. The van der Waals surface area contributed by atoms with Gasteiger partial charge in [-0.05, 0) is 48.6 Å². The first-order valence-corrected chi connectivity index (χ1v) is 11.2. The number of fused-ring (bicyclic) bond motifs is 1. The van der Waals surface area contributed by atoms with E-state index in [1.54, 1.807) is 29.2 Å². The summed E-state index contributed by atoms with van der Waals surface area (Å²) in [6, 6.07) is 13.8. The topological polar surface area (TPSA) is 84.7 Å². The van der Waals surface area contributed by atoms with Crippen LogP contribution in [-0.4, -0.2) is 45.1 Å². The van der Waals surface area contributed by atoms with E-state index in [9.17, 15) is 14.7 Å². The summed E-state index contributed by atoms with van der Waals surface area (Å²) in [7, 11) is 3.12. The normalized spacial score (nSPS) is 15.5. The summed E-state index contributed by atoms with van der Waals surface area (Å²) >= 11 is 6.20. The standard InChI is InChI=1S/C25H26ClN3O4/c1-28-20-9-4-3-8-19(20)27-25(28)23(24(32)17-6-5-7-18(26)14-17)29(15-16-10-11-16)21(30)12-13-22(31)33-2/h3-9,12-14,16,23-24,32H,10-11,15H2,1-2H3/t23-,24+/m0/s1. The van der Waals surface area contributed by atoms with Gasteiger partial charge in [0.25, 0.3) is 0 Å². The third kappa shape index (κ3) is 5.10. The molecule has 1 aromatic heterocycles. The molecule has 0 saturated heterocycles. The summed E-state index contributed by atoms with van der Waals surface area (Å²) in [6.07, 6.45) is 3.21. The van der Waals surface area contributed by atoms with E-state index in [2.05, 4.69) is 4.74 Å². The Hall–Kier alpha value is -3.16. The fraction of sp³-hybridized carbons (Fsp3) is 0.320. The Balaban J connectivity index is 1.83. The van der Waals surface area contributed by atoms with E-state index in [-0.39, 0.29) is 0 Å².